The Kier molecular flexibility index (Phi) is 3.99. The van der Waals surface area contributed by atoms with Gasteiger partial charge >= 0.3 is 0 Å². The maximum Gasteiger partial charge on any atom is 0.251 e. The molecule has 17 heavy (non-hydrogen) atoms. The van der Waals surface area contributed by atoms with Crippen molar-refractivity contribution in [1.29, 1.82) is 0 Å². The van der Waals surface area contributed by atoms with E-state index in [1.54, 1.807) is 32.4 Å². The van der Waals surface area contributed by atoms with Gasteiger partial charge < -0.3 is 14.8 Å². The molecule has 0 aromatic heterocycles. The first-order valence-electron chi connectivity index (χ1n) is 5.42. The zero-order valence-electron chi connectivity index (χ0n) is 11.0. The fourth-order valence-electron chi connectivity index (χ4n) is 1.39. The zero-order chi connectivity index (χ0) is 13.1. The van der Waals surface area contributed by atoms with Crippen molar-refractivity contribution in [3.05, 3.63) is 23.8 Å². The molecule has 0 heterocycles. The molecule has 0 atom stereocenters. The SMILES string of the molecule is COc1ccc(C(=O)NC(C)(C)C)cc1OC. The zero-order valence-corrected chi connectivity index (χ0v) is 11.0. The fourth-order valence-corrected chi connectivity index (χ4v) is 1.39. The van der Waals surface area contributed by atoms with Gasteiger partial charge in [-0.25, -0.2) is 0 Å². The van der Waals surface area contributed by atoms with E-state index in [9.17, 15) is 4.79 Å². The maximum absolute atomic E-state index is 11.9. The summed E-state index contributed by atoms with van der Waals surface area (Å²) in [5.74, 6) is 1.03. The van der Waals surface area contributed by atoms with Crippen molar-refractivity contribution in [2.45, 2.75) is 26.3 Å². The summed E-state index contributed by atoms with van der Waals surface area (Å²) in [7, 11) is 3.11. The van der Waals surface area contributed by atoms with Crippen molar-refractivity contribution in [3.8, 4) is 11.5 Å². The topological polar surface area (TPSA) is 47.6 Å². The highest BCUT2D eigenvalue weighted by atomic mass is 16.5. The number of nitrogens with one attached hydrogen (secondary N) is 1. The van der Waals surface area contributed by atoms with Gasteiger partial charge in [0.25, 0.3) is 5.91 Å². The van der Waals surface area contributed by atoms with E-state index in [1.165, 1.54) is 0 Å². The predicted molar refractivity (Wildman–Crippen MR) is 66.8 cm³/mol. The highest BCUT2D eigenvalue weighted by molar-refractivity contribution is 5.95. The molecule has 4 heteroatoms. The molecule has 94 valence electrons. The van der Waals surface area contributed by atoms with Crippen LogP contribution < -0.4 is 14.8 Å². The number of benzene rings is 1. The lowest BCUT2D eigenvalue weighted by molar-refractivity contribution is 0.0919. The molecule has 0 saturated carbocycles. The molecular weight excluding hydrogens is 218 g/mol. The summed E-state index contributed by atoms with van der Waals surface area (Å²) >= 11 is 0. The molecule has 0 radical (unpaired) electrons. The Labute approximate surface area is 102 Å². The first kappa shape index (κ1) is 13.4. The largest absolute Gasteiger partial charge is 0.493 e. The highest BCUT2D eigenvalue weighted by Crippen LogP contribution is 2.27. The van der Waals surface area contributed by atoms with Gasteiger partial charge in [0.1, 0.15) is 0 Å². The van der Waals surface area contributed by atoms with Gasteiger partial charge in [0.05, 0.1) is 14.2 Å². The van der Waals surface area contributed by atoms with Crippen LogP contribution in [0, 0.1) is 0 Å². The van der Waals surface area contributed by atoms with Gasteiger partial charge in [-0.15, -0.1) is 0 Å². The summed E-state index contributed by atoms with van der Waals surface area (Å²) < 4.78 is 10.3. The standard InChI is InChI=1S/C13H19NO3/c1-13(2,3)14-12(15)9-6-7-10(16-4)11(8-9)17-5/h6-8H,1-5H3,(H,14,15). The third-order valence-electron chi connectivity index (χ3n) is 2.13. The minimum atomic E-state index is -0.260. The van der Waals surface area contributed by atoms with Crippen LogP contribution in [0.1, 0.15) is 31.1 Å². The Morgan fingerprint density at radius 1 is 1.12 bits per heavy atom. The lowest BCUT2D eigenvalue weighted by Crippen LogP contribution is -2.40. The van der Waals surface area contributed by atoms with Gasteiger partial charge in [0.2, 0.25) is 0 Å². The fraction of sp³-hybridized carbons (Fsp3) is 0.462. The number of carbonyl (C=O) groups excluding carboxylic acids is 1. The third-order valence-corrected chi connectivity index (χ3v) is 2.13. The quantitative estimate of drug-likeness (QED) is 0.877. The second-order valence-electron chi connectivity index (χ2n) is 4.77. The minimum absolute atomic E-state index is 0.126. The van der Waals surface area contributed by atoms with E-state index in [0.717, 1.165) is 0 Å². The van der Waals surface area contributed by atoms with Crippen LogP contribution in [0.25, 0.3) is 0 Å². The summed E-state index contributed by atoms with van der Waals surface area (Å²) in [5, 5.41) is 2.89. The molecule has 0 aliphatic carbocycles. The summed E-state index contributed by atoms with van der Waals surface area (Å²) in [4.78, 5) is 11.9. The number of hydrogen-bond acceptors (Lipinski definition) is 3. The van der Waals surface area contributed by atoms with Crippen molar-refractivity contribution < 1.29 is 14.3 Å². The van der Waals surface area contributed by atoms with Crippen LogP contribution in [-0.4, -0.2) is 25.7 Å². The molecule has 0 bridgehead atoms. The molecular formula is C13H19NO3. The van der Waals surface area contributed by atoms with Crippen molar-refractivity contribution >= 4 is 5.91 Å². The first-order valence-corrected chi connectivity index (χ1v) is 5.42. The van der Waals surface area contributed by atoms with Crippen LogP contribution in [0.2, 0.25) is 0 Å². The van der Waals surface area contributed by atoms with Crippen LogP contribution >= 0.6 is 0 Å². The molecule has 0 unspecified atom stereocenters. The van der Waals surface area contributed by atoms with E-state index in [4.69, 9.17) is 9.47 Å². The highest BCUT2D eigenvalue weighted by Gasteiger charge is 2.16. The maximum atomic E-state index is 11.9. The Hall–Kier alpha value is -1.71. The van der Waals surface area contributed by atoms with Gasteiger partial charge in [0.15, 0.2) is 11.5 Å². The number of methoxy groups -OCH3 is 2. The number of rotatable bonds is 3. The van der Waals surface area contributed by atoms with E-state index in [0.29, 0.717) is 17.1 Å². The molecule has 1 amide bonds. The minimum Gasteiger partial charge on any atom is -0.493 e. The molecule has 4 nitrogen and oxygen atoms in total. The smallest absolute Gasteiger partial charge is 0.251 e. The van der Waals surface area contributed by atoms with Gasteiger partial charge in [-0.2, -0.15) is 0 Å². The molecule has 0 fully saturated rings. The van der Waals surface area contributed by atoms with Gasteiger partial charge in [-0.3, -0.25) is 4.79 Å². The number of amides is 1. The second-order valence-corrected chi connectivity index (χ2v) is 4.77. The molecule has 1 rings (SSSR count). The molecule has 1 N–H and O–H groups in total. The van der Waals surface area contributed by atoms with E-state index in [1.807, 2.05) is 20.8 Å². The Bertz CT molecular complexity index is 408. The molecule has 0 aliphatic heterocycles. The van der Waals surface area contributed by atoms with Crippen molar-refractivity contribution in [1.82, 2.24) is 5.32 Å². The van der Waals surface area contributed by atoms with E-state index >= 15 is 0 Å². The monoisotopic (exact) mass is 237 g/mol. The first-order chi connectivity index (χ1) is 7.87. The van der Waals surface area contributed by atoms with E-state index in [2.05, 4.69) is 5.32 Å². The van der Waals surface area contributed by atoms with Gasteiger partial charge in [-0.1, -0.05) is 0 Å². The van der Waals surface area contributed by atoms with Crippen molar-refractivity contribution in [3.63, 3.8) is 0 Å². The van der Waals surface area contributed by atoms with Crippen LogP contribution in [-0.2, 0) is 0 Å². The van der Waals surface area contributed by atoms with Crippen LogP contribution in [0.3, 0.4) is 0 Å². The molecule has 0 saturated heterocycles. The summed E-state index contributed by atoms with van der Waals surface area (Å²) in [6, 6.07) is 5.10. The Balaban J connectivity index is 2.96. The summed E-state index contributed by atoms with van der Waals surface area (Å²) in [6.45, 7) is 5.81. The average molecular weight is 237 g/mol. The predicted octanol–water partition coefficient (Wildman–Crippen LogP) is 2.23. The third kappa shape index (κ3) is 3.66. The molecule has 1 aromatic rings. The second kappa shape index (κ2) is 5.08. The number of carbonyl (C=O) groups is 1. The Morgan fingerprint density at radius 3 is 2.18 bits per heavy atom. The number of ether oxygens (including phenoxy) is 2. The molecule has 1 aromatic carbocycles. The van der Waals surface area contributed by atoms with E-state index < -0.39 is 0 Å². The normalized spacial score (nSPS) is 10.9. The Morgan fingerprint density at radius 2 is 1.71 bits per heavy atom. The number of hydrogen-bond donors (Lipinski definition) is 1. The average Bonchev–Trinajstić information content (AvgIpc) is 2.25. The van der Waals surface area contributed by atoms with Crippen LogP contribution in [0.5, 0.6) is 11.5 Å². The lowest BCUT2D eigenvalue weighted by atomic mass is 10.1. The van der Waals surface area contributed by atoms with Crippen LogP contribution in [0.15, 0.2) is 18.2 Å². The molecule has 0 spiro atoms. The van der Waals surface area contributed by atoms with E-state index in [-0.39, 0.29) is 11.4 Å². The summed E-state index contributed by atoms with van der Waals surface area (Å²) in [5.41, 5.74) is 0.294. The molecule has 0 aliphatic rings. The van der Waals surface area contributed by atoms with Crippen molar-refractivity contribution in [2.24, 2.45) is 0 Å². The van der Waals surface area contributed by atoms with Crippen LogP contribution in [0.4, 0.5) is 0 Å². The summed E-state index contributed by atoms with van der Waals surface area (Å²) in [6.07, 6.45) is 0. The van der Waals surface area contributed by atoms with Crippen molar-refractivity contribution in [2.75, 3.05) is 14.2 Å². The lowest BCUT2D eigenvalue weighted by Gasteiger charge is -2.20. The van der Waals surface area contributed by atoms with Gasteiger partial charge in [0, 0.05) is 11.1 Å². The van der Waals surface area contributed by atoms with Gasteiger partial charge in [-0.05, 0) is 39.0 Å².